The Bertz CT molecular complexity index is 408. The highest BCUT2D eigenvalue weighted by Gasteiger charge is 2.39. The molecule has 2 atom stereocenters. The van der Waals surface area contributed by atoms with E-state index in [0.717, 1.165) is 16.6 Å². The second-order valence-corrected chi connectivity index (χ2v) is 5.11. The lowest BCUT2D eigenvalue weighted by Crippen LogP contribution is -2.14. The molecule has 1 amide bonds. The Morgan fingerprint density at radius 1 is 1.60 bits per heavy atom. The van der Waals surface area contributed by atoms with E-state index in [2.05, 4.69) is 28.2 Å². The van der Waals surface area contributed by atoms with Crippen LogP contribution in [0.25, 0.3) is 0 Å². The molecule has 4 heteroatoms. The van der Waals surface area contributed by atoms with E-state index in [-0.39, 0.29) is 11.8 Å². The normalized spacial score (nSPS) is 23.7. The van der Waals surface area contributed by atoms with Crippen LogP contribution in [0.15, 0.2) is 22.7 Å². The third kappa shape index (κ3) is 2.34. The van der Waals surface area contributed by atoms with E-state index >= 15 is 0 Å². The van der Waals surface area contributed by atoms with E-state index in [0.29, 0.717) is 10.9 Å². The van der Waals surface area contributed by atoms with E-state index in [1.807, 2.05) is 12.1 Å². The number of rotatable bonds is 2. The third-order valence-electron chi connectivity index (χ3n) is 2.66. The number of hydrogen-bond acceptors (Lipinski definition) is 1. The van der Waals surface area contributed by atoms with Gasteiger partial charge in [0.2, 0.25) is 5.91 Å². The Balaban J connectivity index is 2.10. The van der Waals surface area contributed by atoms with Crippen molar-refractivity contribution in [3.8, 4) is 0 Å². The Morgan fingerprint density at radius 2 is 2.27 bits per heavy atom. The van der Waals surface area contributed by atoms with Gasteiger partial charge in [-0.25, -0.2) is 0 Å². The monoisotopic (exact) mass is 287 g/mol. The van der Waals surface area contributed by atoms with Crippen molar-refractivity contribution in [3.05, 3.63) is 27.7 Å². The zero-order valence-electron chi connectivity index (χ0n) is 8.26. The summed E-state index contributed by atoms with van der Waals surface area (Å²) >= 11 is 9.27. The maximum Gasteiger partial charge on any atom is 0.227 e. The number of benzene rings is 1. The van der Waals surface area contributed by atoms with Crippen molar-refractivity contribution in [2.45, 2.75) is 13.3 Å². The summed E-state index contributed by atoms with van der Waals surface area (Å²) in [6.45, 7) is 2.08. The lowest BCUT2D eigenvalue weighted by molar-refractivity contribution is -0.117. The van der Waals surface area contributed by atoms with Gasteiger partial charge in [0.25, 0.3) is 0 Å². The first-order valence-corrected chi connectivity index (χ1v) is 6.01. The minimum Gasteiger partial charge on any atom is -0.325 e. The van der Waals surface area contributed by atoms with Crippen LogP contribution in [0.4, 0.5) is 5.69 Å². The Labute approximate surface area is 102 Å². The Kier molecular flexibility index (Phi) is 3.03. The molecule has 1 aliphatic carbocycles. The first-order chi connectivity index (χ1) is 7.09. The summed E-state index contributed by atoms with van der Waals surface area (Å²) in [7, 11) is 0. The summed E-state index contributed by atoms with van der Waals surface area (Å²) in [4.78, 5) is 11.7. The highest BCUT2D eigenvalue weighted by atomic mass is 79.9. The first-order valence-electron chi connectivity index (χ1n) is 4.84. The van der Waals surface area contributed by atoms with E-state index in [4.69, 9.17) is 11.6 Å². The van der Waals surface area contributed by atoms with E-state index < -0.39 is 0 Å². The van der Waals surface area contributed by atoms with Crippen molar-refractivity contribution in [2.75, 3.05) is 5.32 Å². The van der Waals surface area contributed by atoms with Crippen LogP contribution in [-0.2, 0) is 4.79 Å². The van der Waals surface area contributed by atoms with Crippen LogP contribution in [-0.4, -0.2) is 5.91 Å². The predicted octanol–water partition coefficient (Wildman–Crippen LogP) is 3.70. The van der Waals surface area contributed by atoms with Gasteiger partial charge in [0.1, 0.15) is 0 Å². The van der Waals surface area contributed by atoms with Gasteiger partial charge in [-0.3, -0.25) is 4.79 Å². The largest absolute Gasteiger partial charge is 0.325 e. The molecule has 0 radical (unpaired) electrons. The summed E-state index contributed by atoms with van der Waals surface area (Å²) in [5.74, 6) is 0.782. The summed E-state index contributed by atoms with van der Waals surface area (Å²) in [6.07, 6.45) is 0.990. The number of halogens is 2. The molecule has 1 fully saturated rings. The Morgan fingerprint density at radius 3 is 2.87 bits per heavy atom. The molecule has 1 aliphatic rings. The summed E-state index contributed by atoms with van der Waals surface area (Å²) in [5.41, 5.74) is 0.742. The zero-order valence-corrected chi connectivity index (χ0v) is 10.6. The molecule has 0 bridgehead atoms. The summed E-state index contributed by atoms with van der Waals surface area (Å²) in [6, 6.07) is 5.43. The average Bonchev–Trinajstić information content (AvgIpc) is 2.91. The molecule has 1 N–H and O–H groups in total. The van der Waals surface area contributed by atoms with Gasteiger partial charge in [-0.1, -0.05) is 24.6 Å². The standard InChI is InChI=1S/C11H11BrClNO/c1-6-5-7(6)11(15)14-9-4-2-3-8(13)10(9)12/h2-4,6-7H,5H2,1H3,(H,14,15). The number of carbonyl (C=O) groups excluding carboxylic acids is 1. The molecule has 2 rings (SSSR count). The van der Waals surface area contributed by atoms with Gasteiger partial charge in [0.05, 0.1) is 15.2 Å². The second-order valence-electron chi connectivity index (χ2n) is 3.91. The van der Waals surface area contributed by atoms with Crippen molar-refractivity contribution >= 4 is 39.1 Å². The quantitative estimate of drug-likeness (QED) is 0.883. The first kappa shape index (κ1) is 11.0. The molecule has 80 valence electrons. The van der Waals surface area contributed by atoms with Crippen molar-refractivity contribution in [1.82, 2.24) is 0 Å². The zero-order chi connectivity index (χ0) is 11.0. The number of anilines is 1. The van der Waals surface area contributed by atoms with Crippen molar-refractivity contribution in [1.29, 1.82) is 0 Å². The number of amides is 1. The summed E-state index contributed by atoms with van der Waals surface area (Å²) in [5, 5.41) is 3.48. The minimum atomic E-state index is 0.0884. The highest BCUT2D eigenvalue weighted by molar-refractivity contribution is 9.10. The topological polar surface area (TPSA) is 29.1 Å². The minimum absolute atomic E-state index is 0.0884. The van der Waals surface area contributed by atoms with Gasteiger partial charge in [0, 0.05) is 5.92 Å². The molecule has 0 saturated heterocycles. The summed E-state index contributed by atoms with van der Waals surface area (Å²) < 4.78 is 0.744. The van der Waals surface area contributed by atoms with Crippen LogP contribution in [0.5, 0.6) is 0 Å². The van der Waals surface area contributed by atoms with Crippen LogP contribution in [0.1, 0.15) is 13.3 Å². The van der Waals surface area contributed by atoms with Crippen LogP contribution in [0, 0.1) is 11.8 Å². The van der Waals surface area contributed by atoms with Gasteiger partial charge >= 0.3 is 0 Å². The molecule has 15 heavy (non-hydrogen) atoms. The SMILES string of the molecule is CC1CC1C(=O)Nc1cccc(Cl)c1Br. The molecule has 2 nitrogen and oxygen atoms in total. The van der Waals surface area contributed by atoms with Crippen LogP contribution in [0.3, 0.4) is 0 Å². The van der Waals surface area contributed by atoms with Crippen LogP contribution < -0.4 is 5.32 Å². The lowest BCUT2D eigenvalue weighted by Gasteiger charge is -2.07. The van der Waals surface area contributed by atoms with E-state index in [9.17, 15) is 4.79 Å². The van der Waals surface area contributed by atoms with Crippen molar-refractivity contribution in [3.63, 3.8) is 0 Å². The second kappa shape index (κ2) is 4.14. The van der Waals surface area contributed by atoms with Crippen LogP contribution in [0.2, 0.25) is 5.02 Å². The van der Waals surface area contributed by atoms with E-state index in [1.54, 1.807) is 6.07 Å². The van der Waals surface area contributed by atoms with E-state index in [1.165, 1.54) is 0 Å². The molecule has 1 aromatic rings. The van der Waals surface area contributed by atoms with Gasteiger partial charge in [-0.05, 0) is 40.4 Å². The van der Waals surface area contributed by atoms with Gasteiger partial charge in [0.15, 0.2) is 0 Å². The fourth-order valence-corrected chi connectivity index (χ4v) is 2.05. The molecular weight excluding hydrogens is 277 g/mol. The van der Waals surface area contributed by atoms with Gasteiger partial charge in [-0.15, -0.1) is 0 Å². The lowest BCUT2D eigenvalue weighted by atomic mass is 10.3. The molecule has 2 unspecified atom stereocenters. The molecule has 0 aliphatic heterocycles. The van der Waals surface area contributed by atoms with Gasteiger partial charge in [-0.2, -0.15) is 0 Å². The molecule has 1 aromatic carbocycles. The average molecular weight is 289 g/mol. The molecule has 0 heterocycles. The Hall–Kier alpha value is -0.540. The number of carbonyl (C=O) groups is 1. The predicted molar refractivity (Wildman–Crippen MR) is 65.1 cm³/mol. The molecule has 1 saturated carbocycles. The maximum atomic E-state index is 11.7. The third-order valence-corrected chi connectivity index (χ3v) is 4.05. The fourth-order valence-electron chi connectivity index (χ4n) is 1.51. The maximum absolute atomic E-state index is 11.7. The van der Waals surface area contributed by atoms with Crippen molar-refractivity contribution in [2.24, 2.45) is 11.8 Å². The highest BCUT2D eigenvalue weighted by Crippen LogP contribution is 2.39. The molecular formula is C11H11BrClNO. The number of nitrogens with one attached hydrogen (secondary N) is 1. The van der Waals surface area contributed by atoms with Gasteiger partial charge < -0.3 is 5.32 Å². The van der Waals surface area contributed by atoms with Crippen molar-refractivity contribution < 1.29 is 4.79 Å². The molecule has 0 aromatic heterocycles. The number of hydrogen-bond donors (Lipinski definition) is 1. The molecule has 0 spiro atoms. The van der Waals surface area contributed by atoms with Crippen LogP contribution >= 0.6 is 27.5 Å². The fraction of sp³-hybridized carbons (Fsp3) is 0.364. The smallest absolute Gasteiger partial charge is 0.227 e.